The Morgan fingerprint density at radius 3 is 2.83 bits per heavy atom. The van der Waals surface area contributed by atoms with Gasteiger partial charge in [0.05, 0.1) is 37.4 Å². The van der Waals surface area contributed by atoms with Gasteiger partial charge in [0.2, 0.25) is 0 Å². The third kappa shape index (κ3) is 5.22. The molecule has 0 bridgehead atoms. The molecule has 0 aliphatic carbocycles. The number of carboxylic acids is 1. The van der Waals surface area contributed by atoms with Crippen molar-refractivity contribution in [1.82, 2.24) is 24.7 Å². The minimum Gasteiger partial charge on any atom is -0.493 e. The van der Waals surface area contributed by atoms with Crippen LogP contribution in [0.4, 0.5) is 5.82 Å². The van der Waals surface area contributed by atoms with Crippen LogP contribution in [-0.2, 0) is 17.6 Å². The lowest BCUT2D eigenvalue weighted by molar-refractivity contribution is -0.137. The van der Waals surface area contributed by atoms with E-state index in [1.165, 1.54) is 5.56 Å². The van der Waals surface area contributed by atoms with E-state index < -0.39 is 12.0 Å². The molecule has 1 aliphatic rings. The molecule has 186 valence electrons. The van der Waals surface area contributed by atoms with Crippen molar-refractivity contribution in [2.75, 3.05) is 25.1 Å². The molecule has 10 nitrogen and oxygen atoms in total. The molecule has 0 saturated heterocycles. The summed E-state index contributed by atoms with van der Waals surface area (Å²) in [5.41, 5.74) is 3.70. The van der Waals surface area contributed by atoms with Gasteiger partial charge in [-0.05, 0) is 49.6 Å². The number of nitrogens with zero attached hydrogens (tertiary/aromatic N) is 5. The molecule has 1 aliphatic heterocycles. The van der Waals surface area contributed by atoms with Gasteiger partial charge >= 0.3 is 12.0 Å². The second-order valence-corrected chi connectivity index (χ2v) is 8.59. The first-order valence-electron chi connectivity index (χ1n) is 12.1. The molecular formula is C26H28N6O4. The van der Waals surface area contributed by atoms with E-state index in [4.69, 9.17) is 14.5 Å². The summed E-state index contributed by atoms with van der Waals surface area (Å²) in [5.74, 6) is 0.766. The van der Waals surface area contributed by atoms with E-state index in [-0.39, 0.29) is 12.4 Å². The van der Waals surface area contributed by atoms with E-state index in [1.54, 1.807) is 23.3 Å². The van der Waals surface area contributed by atoms with Crippen molar-refractivity contribution in [3.05, 3.63) is 65.7 Å². The van der Waals surface area contributed by atoms with Crippen molar-refractivity contribution in [2.24, 2.45) is 0 Å². The van der Waals surface area contributed by atoms with E-state index >= 15 is 0 Å². The largest absolute Gasteiger partial charge is 0.493 e. The standard InChI is InChI=1S/C26H28N6O4/c1-2-35-26-28-14-19(15-29-26)23(13-24(33)34)32-22-8-7-21(12-18(22)16-30-32)36-11-9-20-6-5-17-4-3-10-27-25(17)31-20/h5-8,12,14-16,23H,2-4,9-11,13H2,1H3,(H,27,31)(H,33,34). The third-order valence-electron chi connectivity index (χ3n) is 6.12. The number of nitrogens with one attached hydrogen (secondary N) is 1. The molecule has 2 N–H and O–H groups in total. The quantitative estimate of drug-likeness (QED) is 0.344. The molecule has 0 saturated carbocycles. The van der Waals surface area contributed by atoms with Crippen molar-refractivity contribution in [3.63, 3.8) is 0 Å². The summed E-state index contributed by atoms with van der Waals surface area (Å²) in [4.78, 5) is 24.7. The van der Waals surface area contributed by atoms with Crippen LogP contribution in [0.25, 0.3) is 10.9 Å². The zero-order valence-corrected chi connectivity index (χ0v) is 20.1. The molecule has 36 heavy (non-hydrogen) atoms. The summed E-state index contributed by atoms with van der Waals surface area (Å²) in [6.45, 7) is 3.76. The highest BCUT2D eigenvalue weighted by atomic mass is 16.5. The first kappa shape index (κ1) is 23.5. The minimum absolute atomic E-state index is 0.158. The molecule has 4 aromatic rings. The van der Waals surface area contributed by atoms with Crippen LogP contribution >= 0.6 is 0 Å². The first-order valence-corrected chi connectivity index (χ1v) is 12.1. The van der Waals surface area contributed by atoms with Crippen molar-refractivity contribution in [2.45, 2.75) is 38.6 Å². The number of carbonyl (C=O) groups is 1. The van der Waals surface area contributed by atoms with Gasteiger partial charge in [0.25, 0.3) is 0 Å². The summed E-state index contributed by atoms with van der Waals surface area (Å²) in [7, 11) is 0. The Balaban J connectivity index is 1.30. The lowest BCUT2D eigenvalue weighted by Crippen LogP contribution is -2.17. The smallest absolute Gasteiger partial charge is 0.316 e. The average molecular weight is 489 g/mol. The predicted octanol–water partition coefficient (Wildman–Crippen LogP) is 3.66. The normalized spacial score (nSPS) is 13.6. The Morgan fingerprint density at radius 1 is 1.17 bits per heavy atom. The van der Waals surface area contributed by atoms with Gasteiger partial charge in [-0.25, -0.2) is 15.0 Å². The number of aromatic nitrogens is 5. The van der Waals surface area contributed by atoms with Crippen molar-refractivity contribution in [3.8, 4) is 11.8 Å². The van der Waals surface area contributed by atoms with Crippen LogP contribution in [0.3, 0.4) is 0 Å². The van der Waals surface area contributed by atoms with E-state index in [0.717, 1.165) is 47.6 Å². The van der Waals surface area contributed by atoms with Gasteiger partial charge in [-0.2, -0.15) is 5.10 Å². The van der Waals surface area contributed by atoms with Gasteiger partial charge in [0.15, 0.2) is 0 Å². The minimum atomic E-state index is -0.941. The number of hydrogen-bond acceptors (Lipinski definition) is 8. The Labute approximate surface area is 208 Å². The molecule has 0 fully saturated rings. The highest BCUT2D eigenvalue weighted by molar-refractivity contribution is 5.81. The van der Waals surface area contributed by atoms with Crippen LogP contribution in [0.5, 0.6) is 11.8 Å². The van der Waals surface area contributed by atoms with Gasteiger partial charge in [-0.3, -0.25) is 9.48 Å². The van der Waals surface area contributed by atoms with E-state index in [0.29, 0.717) is 25.2 Å². The van der Waals surface area contributed by atoms with Gasteiger partial charge in [0, 0.05) is 42.0 Å². The zero-order valence-electron chi connectivity index (χ0n) is 20.1. The van der Waals surface area contributed by atoms with Crippen LogP contribution in [0.15, 0.2) is 48.9 Å². The van der Waals surface area contributed by atoms with Crippen molar-refractivity contribution in [1.29, 1.82) is 0 Å². The number of fused-ring (bicyclic) bond motifs is 2. The van der Waals surface area contributed by atoms with Crippen LogP contribution in [0.1, 0.15) is 42.6 Å². The fraction of sp³-hybridized carbons (Fsp3) is 0.346. The van der Waals surface area contributed by atoms with Gasteiger partial charge < -0.3 is 19.9 Å². The molecule has 1 atom stereocenters. The SMILES string of the molecule is CCOc1ncc(C(CC(=O)O)n2ncc3cc(OCCc4ccc5c(n4)NCCC5)ccc32)cn1. The fourth-order valence-electron chi connectivity index (χ4n) is 4.36. The molecule has 5 rings (SSSR count). The number of benzene rings is 1. The number of rotatable bonds is 10. The molecule has 0 radical (unpaired) electrons. The summed E-state index contributed by atoms with van der Waals surface area (Å²) in [6.07, 6.45) is 7.63. The maximum absolute atomic E-state index is 11.6. The van der Waals surface area contributed by atoms with Gasteiger partial charge in [-0.15, -0.1) is 0 Å². The molecule has 3 aromatic heterocycles. The fourth-order valence-corrected chi connectivity index (χ4v) is 4.36. The monoisotopic (exact) mass is 488 g/mol. The maximum atomic E-state index is 11.6. The van der Waals surface area contributed by atoms with Crippen molar-refractivity contribution < 1.29 is 19.4 Å². The third-order valence-corrected chi connectivity index (χ3v) is 6.12. The molecule has 0 spiro atoms. The number of aryl methyl sites for hydroxylation is 1. The van der Waals surface area contributed by atoms with Crippen LogP contribution < -0.4 is 14.8 Å². The van der Waals surface area contributed by atoms with Crippen LogP contribution in [0, 0.1) is 0 Å². The topological polar surface area (TPSA) is 124 Å². The van der Waals surface area contributed by atoms with E-state index in [1.807, 2.05) is 25.1 Å². The van der Waals surface area contributed by atoms with Gasteiger partial charge in [0.1, 0.15) is 11.6 Å². The number of hydrogen-bond donors (Lipinski definition) is 2. The molecule has 1 aromatic carbocycles. The summed E-state index contributed by atoms with van der Waals surface area (Å²) < 4.78 is 13.0. The molecule has 4 heterocycles. The Kier molecular flexibility index (Phi) is 6.92. The zero-order chi connectivity index (χ0) is 24.9. The predicted molar refractivity (Wildman–Crippen MR) is 134 cm³/mol. The Hall–Kier alpha value is -4.21. The Morgan fingerprint density at radius 2 is 2.03 bits per heavy atom. The van der Waals surface area contributed by atoms with E-state index in [9.17, 15) is 9.90 Å². The molecule has 0 amide bonds. The number of anilines is 1. The number of pyridine rings is 1. The number of aliphatic carboxylic acids is 1. The second-order valence-electron chi connectivity index (χ2n) is 8.59. The lowest BCUT2D eigenvalue weighted by atomic mass is 10.1. The molecule has 1 unspecified atom stereocenters. The molecule has 10 heteroatoms. The summed E-state index contributed by atoms with van der Waals surface area (Å²) >= 11 is 0. The summed E-state index contributed by atoms with van der Waals surface area (Å²) in [6, 6.07) is 9.57. The highest BCUT2D eigenvalue weighted by Crippen LogP contribution is 2.28. The highest BCUT2D eigenvalue weighted by Gasteiger charge is 2.22. The second kappa shape index (κ2) is 10.6. The van der Waals surface area contributed by atoms with Crippen LogP contribution in [0.2, 0.25) is 0 Å². The lowest BCUT2D eigenvalue weighted by Gasteiger charge is -2.17. The van der Waals surface area contributed by atoms with E-state index in [2.05, 4.69) is 32.5 Å². The maximum Gasteiger partial charge on any atom is 0.316 e. The Bertz CT molecular complexity index is 1350. The first-order chi connectivity index (χ1) is 17.6. The van der Waals surface area contributed by atoms with Gasteiger partial charge in [-0.1, -0.05) is 6.07 Å². The molecular weight excluding hydrogens is 460 g/mol. The average Bonchev–Trinajstić information content (AvgIpc) is 3.31. The number of ether oxygens (including phenoxy) is 2. The van der Waals surface area contributed by atoms with Crippen molar-refractivity contribution >= 4 is 22.7 Å². The van der Waals surface area contributed by atoms with Crippen LogP contribution in [-0.4, -0.2) is 55.6 Å². The number of carboxylic acid groups (broad SMARTS) is 1. The summed E-state index contributed by atoms with van der Waals surface area (Å²) in [5, 5.41) is 18.2.